The molecule has 2 nitrogen and oxygen atoms in total. The van der Waals surface area contributed by atoms with Gasteiger partial charge in [-0.15, -0.1) is 0 Å². The Balaban J connectivity index is 2.39. The van der Waals surface area contributed by atoms with Crippen LogP contribution < -0.4 is 0 Å². The summed E-state index contributed by atoms with van der Waals surface area (Å²) in [5.74, 6) is 0.913. The minimum atomic E-state index is 0.221. The van der Waals surface area contributed by atoms with Crippen LogP contribution in [-0.2, 0) is 0 Å². The van der Waals surface area contributed by atoms with Crippen molar-refractivity contribution in [3.8, 4) is 0 Å². The molecule has 0 heterocycles. The van der Waals surface area contributed by atoms with Crippen molar-refractivity contribution >= 4 is 21.7 Å². The zero-order valence-electron chi connectivity index (χ0n) is 11.4. The Kier molecular flexibility index (Phi) is 6.58. The zero-order chi connectivity index (χ0) is 13.5. The van der Waals surface area contributed by atoms with E-state index in [0.29, 0.717) is 12.3 Å². The number of nitrogens with zero attached hydrogens (tertiary/aromatic N) is 1. The number of rotatable bonds is 7. The Morgan fingerprint density at radius 1 is 1.33 bits per heavy atom. The predicted octanol–water partition coefficient (Wildman–Crippen LogP) is 4.00. The molecule has 0 bridgehead atoms. The highest BCUT2D eigenvalue weighted by molar-refractivity contribution is 9.10. The average Bonchev–Trinajstić information content (AvgIpc) is 2.36. The van der Waals surface area contributed by atoms with Crippen molar-refractivity contribution in [2.45, 2.75) is 26.7 Å². The molecule has 1 aromatic carbocycles. The fourth-order valence-electron chi connectivity index (χ4n) is 1.82. The first kappa shape index (κ1) is 15.4. The van der Waals surface area contributed by atoms with Crippen LogP contribution in [-0.4, -0.2) is 30.8 Å². The van der Waals surface area contributed by atoms with Gasteiger partial charge in [0.2, 0.25) is 0 Å². The molecule has 0 aromatic heterocycles. The molecule has 0 spiro atoms. The van der Waals surface area contributed by atoms with Crippen molar-refractivity contribution in [1.29, 1.82) is 0 Å². The summed E-state index contributed by atoms with van der Waals surface area (Å²) >= 11 is 3.37. The first-order valence-electron chi connectivity index (χ1n) is 6.50. The lowest BCUT2D eigenvalue weighted by molar-refractivity contribution is 0.0966. The van der Waals surface area contributed by atoms with E-state index in [0.717, 1.165) is 23.1 Å². The van der Waals surface area contributed by atoms with E-state index in [4.69, 9.17) is 0 Å². The molecule has 3 heteroatoms. The molecule has 18 heavy (non-hydrogen) atoms. The maximum Gasteiger partial charge on any atom is 0.164 e. The number of hydrogen-bond donors (Lipinski definition) is 0. The second kappa shape index (κ2) is 7.70. The Morgan fingerprint density at radius 2 is 1.94 bits per heavy atom. The highest BCUT2D eigenvalue weighted by Crippen LogP contribution is 2.12. The van der Waals surface area contributed by atoms with Gasteiger partial charge < -0.3 is 4.90 Å². The van der Waals surface area contributed by atoms with E-state index in [1.807, 2.05) is 24.3 Å². The molecule has 1 unspecified atom stereocenters. The summed E-state index contributed by atoms with van der Waals surface area (Å²) in [5, 5.41) is 0. The standard InChI is InChI=1S/C15H22BrNO/c1-4-12(2)11-17(3)10-9-15(18)13-5-7-14(16)8-6-13/h5-8,12H,4,9-11H2,1-3H3. The van der Waals surface area contributed by atoms with Gasteiger partial charge in [-0.25, -0.2) is 0 Å². The van der Waals surface area contributed by atoms with E-state index >= 15 is 0 Å². The number of halogens is 1. The molecule has 0 saturated heterocycles. The monoisotopic (exact) mass is 311 g/mol. The van der Waals surface area contributed by atoms with Gasteiger partial charge >= 0.3 is 0 Å². The highest BCUT2D eigenvalue weighted by Gasteiger charge is 2.09. The van der Waals surface area contributed by atoms with E-state index in [-0.39, 0.29) is 5.78 Å². The smallest absolute Gasteiger partial charge is 0.164 e. The Bertz CT molecular complexity index is 375. The van der Waals surface area contributed by atoms with Gasteiger partial charge in [0.25, 0.3) is 0 Å². The van der Waals surface area contributed by atoms with Crippen LogP contribution in [0, 0.1) is 5.92 Å². The average molecular weight is 312 g/mol. The fourth-order valence-corrected chi connectivity index (χ4v) is 2.09. The fraction of sp³-hybridized carbons (Fsp3) is 0.533. The minimum Gasteiger partial charge on any atom is -0.306 e. The molecule has 1 aromatic rings. The maximum atomic E-state index is 12.0. The quantitative estimate of drug-likeness (QED) is 0.709. The lowest BCUT2D eigenvalue weighted by atomic mass is 10.1. The summed E-state index contributed by atoms with van der Waals surface area (Å²) in [5.41, 5.74) is 0.801. The van der Waals surface area contributed by atoms with E-state index in [2.05, 4.69) is 41.7 Å². The normalized spacial score (nSPS) is 12.7. The molecule has 0 aliphatic carbocycles. The molecule has 0 saturated carbocycles. The highest BCUT2D eigenvalue weighted by atomic mass is 79.9. The number of Topliss-reactive ketones (excluding diaryl/α,β-unsaturated/α-hetero) is 1. The topological polar surface area (TPSA) is 20.3 Å². The molecular formula is C15H22BrNO. The SMILES string of the molecule is CCC(C)CN(C)CCC(=O)c1ccc(Br)cc1. The summed E-state index contributed by atoms with van der Waals surface area (Å²) < 4.78 is 1.01. The van der Waals surface area contributed by atoms with E-state index in [9.17, 15) is 4.79 Å². The molecule has 1 atom stereocenters. The third kappa shape index (κ3) is 5.32. The van der Waals surface area contributed by atoms with Crippen molar-refractivity contribution in [1.82, 2.24) is 4.90 Å². The van der Waals surface area contributed by atoms with Crippen LogP contribution in [0.2, 0.25) is 0 Å². The number of benzene rings is 1. The second-order valence-corrected chi connectivity index (χ2v) is 5.87. The van der Waals surface area contributed by atoms with Gasteiger partial charge in [0, 0.05) is 29.5 Å². The van der Waals surface area contributed by atoms with Crippen molar-refractivity contribution in [3.05, 3.63) is 34.3 Å². The molecule has 1 rings (SSSR count). The lowest BCUT2D eigenvalue weighted by Crippen LogP contribution is -2.26. The summed E-state index contributed by atoms with van der Waals surface area (Å²) in [4.78, 5) is 14.2. The molecule has 0 aliphatic rings. The van der Waals surface area contributed by atoms with Gasteiger partial charge in [0.15, 0.2) is 5.78 Å². The number of ketones is 1. The third-order valence-corrected chi connectivity index (χ3v) is 3.74. The van der Waals surface area contributed by atoms with Crippen LogP contribution in [0.15, 0.2) is 28.7 Å². The minimum absolute atomic E-state index is 0.221. The molecule has 0 fully saturated rings. The van der Waals surface area contributed by atoms with Crippen molar-refractivity contribution < 1.29 is 4.79 Å². The van der Waals surface area contributed by atoms with Crippen LogP contribution in [0.4, 0.5) is 0 Å². The summed E-state index contributed by atoms with van der Waals surface area (Å²) in [6, 6.07) is 7.58. The number of hydrogen-bond acceptors (Lipinski definition) is 2. The molecule has 0 amide bonds. The van der Waals surface area contributed by atoms with Crippen LogP contribution in [0.5, 0.6) is 0 Å². The van der Waals surface area contributed by atoms with Crippen molar-refractivity contribution in [2.75, 3.05) is 20.1 Å². The summed E-state index contributed by atoms with van der Waals surface area (Å²) in [6.07, 6.45) is 1.78. The largest absolute Gasteiger partial charge is 0.306 e. The first-order valence-corrected chi connectivity index (χ1v) is 7.29. The molecule has 0 aliphatic heterocycles. The molecule has 0 N–H and O–H groups in total. The first-order chi connectivity index (χ1) is 8.52. The lowest BCUT2D eigenvalue weighted by Gasteiger charge is -2.19. The van der Waals surface area contributed by atoms with E-state index in [1.165, 1.54) is 6.42 Å². The summed E-state index contributed by atoms with van der Waals surface area (Å²) in [6.45, 7) is 6.34. The number of carbonyl (C=O) groups is 1. The second-order valence-electron chi connectivity index (χ2n) is 4.96. The Hall–Kier alpha value is -0.670. The Morgan fingerprint density at radius 3 is 2.50 bits per heavy atom. The van der Waals surface area contributed by atoms with Gasteiger partial charge in [0.05, 0.1) is 0 Å². The van der Waals surface area contributed by atoms with Crippen molar-refractivity contribution in [3.63, 3.8) is 0 Å². The van der Waals surface area contributed by atoms with Crippen LogP contribution in [0.25, 0.3) is 0 Å². The third-order valence-electron chi connectivity index (χ3n) is 3.21. The Labute approximate surface area is 119 Å². The van der Waals surface area contributed by atoms with Gasteiger partial charge in [-0.2, -0.15) is 0 Å². The summed E-state index contributed by atoms with van der Waals surface area (Å²) in [7, 11) is 2.08. The van der Waals surface area contributed by atoms with E-state index < -0.39 is 0 Å². The van der Waals surface area contributed by atoms with Gasteiger partial charge in [-0.05, 0) is 25.1 Å². The molecular weight excluding hydrogens is 290 g/mol. The number of carbonyl (C=O) groups excluding carboxylic acids is 1. The molecule has 100 valence electrons. The van der Waals surface area contributed by atoms with Gasteiger partial charge in [-0.3, -0.25) is 4.79 Å². The van der Waals surface area contributed by atoms with Crippen LogP contribution in [0.3, 0.4) is 0 Å². The molecule has 0 radical (unpaired) electrons. The van der Waals surface area contributed by atoms with Crippen molar-refractivity contribution in [2.24, 2.45) is 5.92 Å². The van der Waals surface area contributed by atoms with Gasteiger partial charge in [0.1, 0.15) is 0 Å². The zero-order valence-corrected chi connectivity index (χ0v) is 13.0. The van der Waals surface area contributed by atoms with Crippen LogP contribution >= 0.6 is 15.9 Å². The maximum absolute atomic E-state index is 12.0. The van der Waals surface area contributed by atoms with Crippen LogP contribution in [0.1, 0.15) is 37.0 Å². The van der Waals surface area contributed by atoms with Gasteiger partial charge in [-0.1, -0.05) is 48.3 Å². The predicted molar refractivity (Wildman–Crippen MR) is 80.0 cm³/mol. The van der Waals surface area contributed by atoms with E-state index in [1.54, 1.807) is 0 Å².